The summed E-state index contributed by atoms with van der Waals surface area (Å²) < 4.78 is 37.6. The summed E-state index contributed by atoms with van der Waals surface area (Å²) in [5.74, 6) is -1.55. The molecule has 0 radical (unpaired) electrons. The molecule has 0 aliphatic rings. The number of benzene rings is 1. The quantitative estimate of drug-likeness (QED) is 0.899. The lowest BCUT2D eigenvalue weighted by molar-refractivity contribution is -0.137. The number of halogens is 3. The molecule has 2 N–H and O–H groups in total. The number of alkyl halides is 3. The summed E-state index contributed by atoms with van der Waals surface area (Å²) in [6.07, 6.45) is -4.65. The third kappa shape index (κ3) is 3.62. The fourth-order valence-corrected chi connectivity index (χ4v) is 1.36. The SMILES string of the molecule is CCN(C)C(=O)Nc1ccc(C(F)(F)F)cc1C(=O)O. The average molecular weight is 290 g/mol. The number of aromatic carboxylic acids is 1. The van der Waals surface area contributed by atoms with Crippen molar-refractivity contribution in [3.63, 3.8) is 0 Å². The van der Waals surface area contributed by atoms with Crippen molar-refractivity contribution in [2.75, 3.05) is 18.9 Å². The number of urea groups is 1. The number of nitrogens with one attached hydrogen (secondary N) is 1. The van der Waals surface area contributed by atoms with E-state index < -0.39 is 29.3 Å². The summed E-state index contributed by atoms with van der Waals surface area (Å²) in [5, 5.41) is 11.2. The number of amides is 2. The smallest absolute Gasteiger partial charge is 0.416 e. The minimum atomic E-state index is -4.65. The lowest BCUT2D eigenvalue weighted by atomic mass is 10.1. The average Bonchev–Trinajstić information content (AvgIpc) is 2.36. The first-order valence-electron chi connectivity index (χ1n) is 5.63. The van der Waals surface area contributed by atoms with Crippen LogP contribution in [0.2, 0.25) is 0 Å². The van der Waals surface area contributed by atoms with Gasteiger partial charge in [-0.2, -0.15) is 13.2 Å². The molecule has 0 aliphatic heterocycles. The van der Waals surface area contributed by atoms with Gasteiger partial charge in [-0.3, -0.25) is 0 Å². The Balaban J connectivity index is 3.15. The van der Waals surface area contributed by atoms with Gasteiger partial charge in [0.05, 0.1) is 16.8 Å². The van der Waals surface area contributed by atoms with Gasteiger partial charge in [0.15, 0.2) is 0 Å². The normalized spacial score (nSPS) is 11.1. The first-order valence-corrected chi connectivity index (χ1v) is 5.63. The molecule has 0 aromatic heterocycles. The number of carbonyl (C=O) groups excluding carboxylic acids is 1. The number of rotatable bonds is 3. The van der Waals surface area contributed by atoms with E-state index in [-0.39, 0.29) is 5.69 Å². The molecule has 20 heavy (non-hydrogen) atoms. The number of hydrogen-bond acceptors (Lipinski definition) is 2. The van der Waals surface area contributed by atoms with E-state index in [1.165, 1.54) is 11.9 Å². The van der Waals surface area contributed by atoms with E-state index in [1.54, 1.807) is 6.92 Å². The van der Waals surface area contributed by atoms with Gasteiger partial charge in [0, 0.05) is 13.6 Å². The highest BCUT2D eigenvalue weighted by Crippen LogP contribution is 2.31. The fourth-order valence-electron chi connectivity index (χ4n) is 1.36. The molecule has 5 nitrogen and oxygen atoms in total. The van der Waals surface area contributed by atoms with Gasteiger partial charge in [-0.1, -0.05) is 0 Å². The van der Waals surface area contributed by atoms with Crippen molar-refractivity contribution in [2.45, 2.75) is 13.1 Å². The number of hydrogen-bond donors (Lipinski definition) is 2. The van der Waals surface area contributed by atoms with E-state index >= 15 is 0 Å². The molecule has 0 saturated heterocycles. The Morgan fingerprint density at radius 1 is 1.35 bits per heavy atom. The molecular formula is C12H13F3N2O3. The molecule has 1 rings (SSSR count). The summed E-state index contributed by atoms with van der Waals surface area (Å²) in [6, 6.07) is 1.53. The Morgan fingerprint density at radius 2 is 1.95 bits per heavy atom. The summed E-state index contributed by atoms with van der Waals surface area (Å²) in [7, 11) is 1.47. The van der Waals surface area contributed by atoms with Crippen molar-refractivity contribution in [1.29, 1.82) is 0 Å². The van der Waals surface area contributed by atoms with Crippen molar-refractivity contribution in [3.05, 3.63) is 29.3 Å². The highest BCUT2D eigenvalue weighted by atomic mass is 19.4. The largest absolute Gasteiger partial charge is 0.478 e. The molecule has 1 aromatic rings. The number of nitrogens with zero attached hydrogens (tertiary/aromatic N) is 1. The van der Waals surface area contributed by atoms with Crippen LogP contribution in [0.5, 0.6) is 0 Å². The Hall–Kier alpha value is -2.25. The van der Waals surface area contributed by atoms with Crippen LogP contribution in [-0.2, 0) is 6.18 Å². The summed E-state index contributed by atoms with van der Waals surface area (Å²) in [5.41, 5.74) is -1.88. The molecule has 110 valence electrons. The Labute approximate surface area is 113 Å². The molecule has 0 fully saturated rings. The van der Waals surface area contributed by atoms with Crippen LogP contribution in [0, 0.1) is 0 Å². The second kappa shape index (κ2) is 5.81. The lowest BCUT2D eigenvalue weighted by Gasteiger charge is -2.17. The summed E-state index contributed by atoms with van der Waals surface area (Å²) in [6.45, 7) is 2.07. The summed E-state index contributed by atoms with van der Waals surface area (Å²) in [4.78, 5) is 23.8. The van der Waals surface area contributed by atoms with Crippen LogP contribution in [0.3, 0.4) is 0 Å². The lowest BCUT2D eigenvalue weighted by Crippen LogP contribution is -2.31. The molecule has 8 heteroatoms. The molecule has 0 heterocycles. The van der Waals surface area contributed by atoms with Crippen molar-refractivity contribution < 1.29 is 27.9 Å². The zero-order chi connectivity index (χ0) is 15.5. The highest BCUT2D eigenvalue weighted by molar-refractivity contribution is 6.00. The molecule has 0 atom stereocenters. The van der Waals surface area contributed by atoms with E-state index in [2.05, 4.69) is 5.32 Å². The summed E-state index contributed by atoms with van der Waals surface area (Å²) >= 11 is 0. The van der Waals surface area contributed by atoms with Crippen LogP contribution in [0.15, 0.2) is 18.2 Å². The third-order valence-electron chi connectivity index (χ3n) is 2.64. The van der Waals surface area contributed by atoms with E-state index in [9.17, 15) is 22.8 Å². The van der Waals surface area contributed by atoms with Gasteiger partial charge < -0.3 is 15.3 Å². The molecule has 1 aromatic carbocycles. The van der Waals surface area contributed by atoms with E-state index in [0.717, 1.165) is 6.07 Å². The minimum Gasteiger partial charge on any atom is -0.478 e. The molecule has 0 unspecified atom stereocenters. The first kappa shape index (κ1) is 15.8. The number of carbonyl (C=O) groups is 2. The first-order chi connectivity index (χ1) is 9.16. The minimum absolute atomic E-state index is 0.184. The van der Waals surface area contributed by atoms with Gasteiger partial charge in [-0.05, 0) is 25.1 Å². The molecule has 0 saturated carbocycles. The zero-order valence-corrected chi connectivity index (χ0v) is 10.8. The second-order valence-electron chi connectivity index (χ2n) is 4.01. The Bertz CT molecular complexity index is 529. The predicted molar refractivity (Wildman–Crippen MR) is 65.7 cm³/mol. The highest BCUT2D eigenvalue weighted by Gasteiger charge is 2.32. The third-order valence-corrected chi connectivity index (χ3v) is 2.64. The number of carboxylic acids is 1. The fraction of sp³-hybridized carbons (Fsp3) is 0.333. The van der Waals surface area contributed by atoms with Crippen molar-refractivity contribution in [3.8, 4) is 0 Å². The molecule has 0 bridgehead atoms. The van der Waals surface area contributed by atoms with Crippen LogP contribution in [0.4, 0.5) is 23.7 Å². The molecule has 0 aliphatic carbocycles. The maximum atomic E-state index is 12.5. The van der Waals surface area contributed by atoms with Crippen molar-refractivity contribution >= 4 is 17.7 Å². The van der Waals surface area contributed by atoms with Crippen LogP contribution in [-0.4, -0.2) is 35.6 Å². The van der Waals surface area contributed by atoms with Crippen molar-refractivity contribution in [2.24, 2.45) is 0 Å². The maximum Gasteiger partial charge on any atom is 0.416 e. The van der Waals surface area contributed by atoms with Crippen LogP contribution in [0.1, 0.15) is 22.8 Å². The maximum absolute atomic E-state index is 12.5. The van der Waals surface area contributed by atoms with E-state index in [4.69, 9.17) is 5.11 Å². The Morgan fingerprint density at radius 3 is 2.40 bits per heavy atom. The van der Waals surface area contributed by atoms with E-state index in [1.807, 2.05) is 0 Å². The molecule has 0 spiro atoms. The van der Waals surface area contributed by atoms with E-state index in [0.29, 0.717) is 18.7 Å². The zero-order valence-electron chi connectivity index (χ0n) is 10.8. The topological polar surface area (TPSA) is 69.6 Å². The van der Waals surface area contributed by atoms with Crippen LogP contribution >= 0.6 is 0 Å². The van der Waals surface area contributed by atoms with Gasteiger partial charge in [0.2, 0.25) is 0 Å². The van der Waals surface area contributed by atoms with Crippen molar-refractivity contribution in [1.82, 2.24) is 4.90 Å². The second-order valence-corrected chi connectivity index (χ2v) is 4.01. The van der Waals surface area contributed by atoms with Crippen LogP contribution in [0.25, 0.3) is 0 Å². The monoisotopic (exact) mass is 290 g/mol. The molecular weight excluding hydrogens is 277 g/mol. The molecule has 2 amide bonds. The standard InChI is InChI=1S/C12H13F3N2O3/c1-3-17(2)11(20)16-9-5-4-7(12(13,14)15)6-8(9)10(18)19/h4-6H,3H2,1-2H3,(H,16,20)(H,18,19). The van der Waals surface area contributed by atoms with Gasteiger partial charge in [-0.15, -0.1) is 0 Å². The van der Waals surface area contributed by atoms with Gasteiger partial charge in [-0.25, -0.2) is 9.59 Å². The predicted octanol–water partition coefficient (Wildman–Crippen LogP) is 2.89. The number of anilines is 1. The Kier molecular flexibility index (Phi) is 4.59. The van der Waals surface area contributed by atoms with Gasteiger partial charge in [0.25, 0.3) is 0 Å². The van der Waals surface area contributed by atoms with Crippen LogP contribution < -0.4 is 5.32 Å². The van der Waals surface area contributed by atoms with Gasteiger partial charge in [0.1, 0.15) is 0 Å². The van der Waals surface area contributed by atoms with Gasteiger partial charge >= 0.3 is 18.2 Å². The number of carboxylic acid groups (broad SMARTS) is 1.